The minimum atomic E-state index is -0.312. The SMILES string of the molecule is Cc1cccc(C(=O)NCc2nnc(SCC(=O)Nc3c(Cl)cc(Cl)cc3Cl)n2C)c1. The molecule has 0 bridgehead atoms. The van der Waals surface area contributed by atoms with E-state index in [0.717, 1.165) is 5.56 Å². The minimum absolute atomic E-state index is 0.0664. The van der Waals surface area contributed by atoms with Crippen LogP contribution in [0.25, 0.3) is 0 Å². The van der Waals surface area contributed by atoms with Gasteiger partial charge < -0.3 is 15.2 Å². The number of benzene rings is 2. The third-order valence-corrected chi connectivity index (χ3v) is 6.05. The molecule has 162 valence electrons. The van der Waals surface area contributed by atoms with Crippen LogP contribution >= 0.6 is 46.6 Å². The Balaban J connectivity index is 1.55. The molecule has 0 saturated heterocycles. The second-order valence-corrected chi connectivity index (χ2v) is 8.78. The van der Waals surface area contributed by atoms with E-state index in [1.807, 2.05) is 25.1 Å². The van der Waals surface area contributed by atoms with Gasteiger partial charge in [-0.2, -0.15) is 0 Å². The van der Waals surface area contributed by atoms with Gasteiger partial charge in [0.2, 0.25) is 5.91 Å². The van der Waals surface area contributed by atoms with Crippen molar-refractivity contribution >= 4 is 64.1 Å². The quantitative estimate of drug-likeness (QED) is 0.459. The second kappa shape index (κ2) is 10.4. The van der Waals surface area contributed by atoms with Gasteiger partial charge in [0.05, 0.1) is 28.0 Å². The molecule has 2 N–H and O–H groups in total. The van der Waals surface area contributed by atoms with Gasteiger partial charge in [-0.05, 0) is 31.2 Å². The van der Waals surface area contributed by atoms with Crippen LogP contribution in [-0.2, 0) is 18.4 Å². The summed E-state index contributed by atoms with van der Waals surface area (Å²) in [6.07, 6.45) is 0. The van der Waals surface area contributed by atoms with E-state index in [0.29, 0.717) is 27.3 Å². The number of thioether (sulfide) groups is 1. The lowest BCUT2D eigenvalue weighted by Gasteiger charge is -2.10. The number of anilines is 1. The lowest BCUT2D eigenvalue weighted by Crippen LogP contribution is -2.24. The molecule has 0 aliphatic heterocycles. The minimum Gasteiger partial charge on any atom is -0.345 e. The van der Waals surface area contributed by atoms with E-state index in [2.05, 4.69) is 20.8 Å². The van der Waals surface area contributed by atoms with Crippen LogP contribution in [0.5, 0.6) is 0 Å². The number of hydrogen-bond donors (Lipinski definition) is 2. The van der Waals surface area contributed by atoms with E-state index in [9.17, 15) is 9.59 Å². The molecule has 0 radical (unpaired) electrons. The first-order chi connectivity index (χ1) is 14.7. The van der Waals surface area contributed by atoms with E-state index in [4.69, 9.17) is 34.8 Å². The molecule has 0 saturated carbocycles. The van der Waals surface area contributed by atoms with Gasteiger partial charge in [0.15, 0.2) is 11.0 Å². The van der Waals surface area contributed by atoms with E-state index in [1.165, 1.54) is 23.9 Å². The predicted octanol–water partition coefficient (Wildman–Crippen LogP) is 4.74. The average Bonchev–Trinajstić information content (AvgIpc) is 3.06. The predicted molar refractivity (Wildman–Crippen MR) is 124 cm³/mol. The van der Waals surface area contributed by atoms with Crippen molar-refractivity contribution in [1.29, 1.82) is 0 Å². The number of nitrogens with zero attached hydrogens (tertiary/aromatic N) is 3. The summed E-state index contributed by atoms with van der Waals surface area (Å²) >= 11 is 19.2. The number of carbonyl (C=O) groups is 2. The van der Waals surface area contributed by atoms with Crippen LogP contribution in [0, 0.1) is 6.92 Å². The summed E-state index contributed by atoms with van der Waals surface area (Å²) in [6, 6.07) is 10.3. The van der Waals surface area contributed by atoms with Crippen LogP contribution in [0.4, 0.5) is 5.69 Å². The summed E-state index contributed by atoms with van der Waals surface area (Å²) in [4.78, 5) is 24.6. The average molecular weight is 499 g/mol. The maximum atomic E-state index is 12.3. The fourth-order valence-electron chi connectivity index (χ4n) is 2.64. The Morgan fingerprint density at radius 1 is 1.10 bits per heavy atom. The topological polar surface area (TPSA) is 88.9 Å². The Hall–Kier alpha value is -2.26. The lowest BCUT2D eigenvalue weighted by atomic mass is 10.1. The molecule has 3 rings (SSSR count). The molecular formula is C20H18Cl3N5O2S. The number of hydrogen-bond acceptors (Lipinski definition) is 5. The van der Waals surface area contributed by atoms with E-state index >= 15 is 0 Å². The van der Waals surface area contributed by atoms with E-state index in [-0.39, 0.29) is 34.2 Å². The number of carbonyl (C=O) groups excluding carboxylic acids is 2. The lowest BCUT2D eigenvalue weighted by molar-refractivity contribution is -0.113. The Labute approximate surface area is 198 Å². The van der Waals surface area contributed by atoms with Crippen molar-refractivity contribution in [2.75, 3.05) is 11.1 Å². The van der Waals surface area contributed by atoms with Crippen LogP contribution < -0.4 is 10.6 Å². The van der Waals surface area contributed by atoms with Gasteiger partial charge in [0, 0.05) is 17.6 Å². The van der Waals surface area contributed by atoms with Crippen LogP contribution in [0.3, 0.4) is 0 Å². The number of halogens is 3. The molecule has 2 amide bonds. The summed E-state index contributed by atoms with van der Waals surface area (Å²) in [5.41, 5.74) is 1.88. The summed E-state index contributed by atoms with van der Waals surface area (Å²) in [5.74, 6) is 0.120. The van der Waals surface area contributed by atoms with Crippen molar-refractivity contribution in [1.82, 2.24) is 20.1 Å². The van der Waals surface area contributed by atoms with Crippen LogP contribution in [-0.4, -0.2) is 32.3 Å². The Morgan fingerprint density at radius 3 is 2.48 bits per heavy atom. The largest absolute Gasteiger partial charge is 0.345 e. The molecule has 31 heavy (non-hydrogen) atoms. The highest BCUT2D eigenvalue weighted by atomic mass is 35.5. The van der Waals surface area contributed by atoms with Gasteiger partial charge in [-0.25, -0.2) is 0 Å². The third-order valence-electron chi connectivity index (χ3n) is 4.22. The highest BCUT2D eigenvalue weighted by Gasteiger charge is 2.15. The molecule has 1 heterocycles. The zero-order chi connectivity index (χ0) is 22.5. The fraction of sp³-hybridized carbons (Fsp3) is 0.200. The van der Waals surface area contributed by atoms with Crippen LogP contribution in [0.15, 0.2) is 41.6 Å². The first-order valence-electron chi connectivity index (χ1n) is 9.05. The van der Waals surface area contributed by atoms with Crippen LogP contribution in [0.2, 0.25) is 15.1 Å². The van der Waals surface area contributed by atoms with Crippen molar-refractivity contribution in [2.24, 2.45) is 7.05 Å². The van der Waals surface area contributed by atoms with Gasteiger partial charge in [-0.1, -0.05) is 64.3 Å². The fourth-order valence-corrected chi connectivity index (χ4v) is 4.28. The highest BCUT2D eigenvalue weighted by molar-refractivity contribution is 7.99. The molecule has 7 nitrogen and oxygen atoms in total. The Kier molecular flexibility index (Phi) is 7.83. The zero-order valence-corrected chi connectivity index (χ0v) is 19.7. The smallest absolute Gasteiger partial charge is 0.251 e. The molecule has 2 aromatic carbocycles. The third kappa shape index (κ3) is 6.13. The van der Waals surface area contributed by atoms with Gasteiger partial charge in [-0.15, -0.1) is 10.2 Å². The highest BCUT2D eigenvalue weighted by Crippen LogP contribution is 2.33. The zero-order valence-electron chi connectivity index (χ0n) is 16.6. The van der Waals surface area contributed by atoms with Crippen molar-refractivity contribution in [3.05, 3.63) is 68.4 Å². The maximum absolute atomic E-state index is 12.3. The number of nitrogens with one attached hydrogen (secondary N) is 2. The van der Waals surface area contributed by atoms with Crippen LogP contribution in [0.1, 0.15) is 21.7 Å². The number of aryl methyl sites for hydroxylation is 1. The van der Waals surface area contributed by atoms with Gasteiger partial charge in [-0.3, -0.25) is 9.59 Å². The van der Waals surface area contributed by atoms with Gasteiger partial charge in [0.25, 0.3) is 5.91 Å². The Morgan fingerprint density at radius 2 is 1.81 bits per heavy atom. The number of amides is 2. The molecule has 3 aromatic rings. The van der Waals surface area contributed by atoms with Crippen molar-refractivity contribution in [3.63, 3.8) is 0 Å². The molecular weight excluding hydrogens is 481 g/mol. The Bertz CT molecular complexity index is 1110. The molecule has 11 heteroatoms. The first kappa shape index (κ1) is 23.4. The summed E-state index contributed by atoms with van der Waals surface area (Å²) in [7, 11) is 1.77. The second-order valence-electron chi connectivity index (χ2n) is 6.59. The number of aromatic nitrogens is 3. The van der Waals surface area contributed by atoms with Gasteiger partial charge >= 0.3 is 0 Å². The molecule has 0 atom stereocenters. The summed E-state index contributed by atoms with van der Waals surface area (Å²) < 4.78 is 1.72. The standard InChI is InChI=1S/C20H18Cl3N5O2S/c1-11-4-3-5-12(6-11)19(30)24-9-16-26-27-20(28(16)2)31-10-17(29)25-18-14(22)7-13(21)8-15(18)23/h3-8H,9-10H2,1-2H3,(H,24,30)(H,25,29). The molecule has 0 fully saturated rings. The molecule has 0 spiro atoms. The summed E-state index contributed by atoms with van der Waals surface area (Å²) in [5, 5.41) is 15.1. The van der Waals surface area contributed by atoms with E-state index < -0.39 is 0 Å². The van der Waals surface area contributed by atoms with Gasteiger partial charge in [0.1, 0.15) is 0 Å². The van der Waals surface area contributed by atoms with E-state index in [1.54, 1.807) is 17.7 Å². The first-order valence-corrected chi connectivity index (χ1v) is 11.2. The summed E-state index contributed by atoms with van der Waals surface area (Å²) in [6.45, 7) is 2.13. The number of rotatable bonds is 7. The normalized spacial score (nSPS) is 10.7. The van der Waals surface area contributed by atoms with Crippen molar-refractivity contribution < 1.29 is 9.59 Å². The molecule has 0 unspecified atom stereocenters. The molecule has 0 aliphatic carbocycles. The monoisotopic (exact) mass is 497 g/mol. The van der Waals surface area contributed by atoms with Crippen molar-refractivity contribution in [3.8, 4) is 0 Å². The molecule has 1 aromatic heterocycles. The molecule has 0 aliphatic rings. The maximum Gasteiger partial charge on any atom is 0.251 e. The van der Waals surface area contributed by atoms with Crippen molar-refractivity contribution in [2.45, 2.75) is 18.6 Å².